The Hall–Kier alpha value is -3.41. The Labute approximate surface area is 220 Å². The van der Waals surface area contributed by atoms with E-state index in [9.17, 15) is 22.8 Å². The Bertz CT molecular complexity index is 1090. The molecule has 1 aromatic carbocycles. The highest BCUT2D eigenvalue weighted by Crippen LogP contribution is 2.29. The van der Waals surface area contributed by atoms with Crippen molar-refractivity contribution < 1.29 is 22.8 Å². The molecule has 12 heteroatoms. The summed E-state index contributed by atoms with van der Waals surface area (Å²) in [6, 6.07) is 7.46. The average Bonchev–Trinajstić information content (AvgIpc) is 2.85. The van der Waals surface area contributed by atoms with Crippen molar-refractivity contribution in [2.75, 3.05) is 36.4 Å². The minimum absolute atomic E-state index is 0.0802. The number of hydrogen-bond acceptors (Lipinski definition) is 6. The summed E-state index contributed by atoms with van der Waals surface area (Å²) in [6.07, 6.45) is -1.20. The first-order valence-electron chi connectivity index (χ1n) is 12.8. The zero-order chi connectivity index (χ0) is 27.4. The normalized spacial score (nSPS) is 21.3. The molecule has 0 bridgehead atoms. The Balaban J connectivity index is 1.25. The summed E-state index contributed by atoms with van der Waals surface area (Å²) in [6.45, 7) is 8.73. The Morgan fingerprint density at radius 1 is 1.00 bits per heavy atom. The molecule has 2 N–H and O–H groups in total. The number of rotatable bonds is 5. The second-order valence-electron chi connectivity index (χ2n) is 10.2. The molecule has 9 nitrogen and oxygen atoms in total. The van der Waals surface area contributed by atoms with Gasteiger partial charge in [0.25, 0.3) is 0 Å². The summed E-state index contributed by atoms with van der Waals surface area (Å²) in [5.41, 5.74) is 1.06. The third kappa shape index (κ3) is 6.91. The second kappa shape index (κ2) is 11.5. The SMILES string of the molecule is CC(=O)Nc1ccc(CN2CCC(NC(=O)N3[C@H](C)CN(c4ncc(C(F)(F)F)cn4)C[C@@H]3C)CC2)cc1. The maximum atomic E-state index is 13.2. The van der Waals surface area contributed by atoms with Gasteiger partial charge in [-0.15, -0.1) is 0 Å². The Morgan fingerprint density at radius 3 is 2.11 bits per heavy atom. The number of aromatic nitrogens is 2. The number of piperidine rings is 1. The molecule has 2 aliphatic heterocycles. The molecule has 2 atom stereocenters. The number of nitrogens with zero attached hydrogens (tertiary/aromatic N) is 5. The largest absolute Gasteiger partial charge is 0.419 e. The van der Waals surface area contributed by atoms with Gasteiger partial charge in [-0.2, -0.15) is 13.2 Å². The van der Waals surface area contributed by atoms with Crippen LogP contribution in [0.15, 0.2) is 36.7 Å². The molecule has 3 amide bonds. The van der Waals surface area contributed by atoms with Crippen LogP contribution in [-0.2, 0) is 17.5 Å². The fourth-order valence-corrected chi connectivity index (χ4v) is 5.16. The van der Waals surface area contributed by atoms with Gasteiger partial charge in [-0.05, 0) is 44.4 Å². The third-order valence-corrected chi connectivity index (χ3v) is 7.00. The first kappa shape index (κ1) is 27.6. The lowest BCUT2D eigenvalue weighted by molar-refractivity contribution is -0.138. The van der Waals surface area contributed by atoms with Crippen molar-refractivity contribution in [1.82, 2.24) is 25.1 Å². The summed E-state index contributed by atoms with van der Waals surface area (Å²) < 4.78 is 38.5. The van der Waals surface area contributed by atoms with Crippen LogP contribution in [0.25, 0.3) is 0 Å². The number of amides is 3. The molecule has 2 aromatic rings. The van der Waals surface area contributed by atoms with E-state index in [0.717, 1.165) is 50.6 Å². The van der Waals surface area contributed by atoms with Crippen LogP contribution in [0.5, 0.6) is 0 Å². The summed E-state index contributed by atoms with van der Waals surface area (Å²) in [5.74, 6) is 0.134. The summed E-state index contributed by atoms with van der Waals surface area (Å²) in [4.78, 5) is 38.1. The fraction of sp³-hybridized carbons (Fsp3) is 0.538. The number of halogens is 3. The smallest absolute Gasteiger partial charge is 0.337 e. The van der Waals surface area contributed by atoms with E-state index in [1.54, 1.807) is 0 Å². The highest BCUT2D eigenvalue weighted by molar-refractivity contribution is 5.88. The van der Waals surface area contributed by atoms with Crippen molar-refractivity contribution in [3.05, 3.63) is 47.8 Å². The number of anilines is 2. The molecule has 0 spiro atoms. The van der Waals surface area contributed by atoms with Crippen LogP contribution >= 0.6 is 0 Å². The Kier molecular flexibility index (Phi) is 8.39. The first-order chi connectivity index (χ1) is 18.0. The van der Waals surface area contributed by atoms with E-state index in [1.165, 1.54) is 12.5 Å². The molecule has 2 aliphatic rings. The highest BCUT2D eigenvalue weighted by Gasteiger charge is 2.36. The molecule has 206 valence electrons. The molecule has 38 heavy (non-hydrogen) atoms. The molecule has 0 unspecified atom stereocenters. The van der Waals surface area contributed by atoms with Crippen molar-refractivity contribution in [3.8, 4) is 0 Å². The van der Waals surface area contributed by atoms with Crippen molar-refractivity contribution >= 4 is 23.6 Å². The number of alkyl halides is 3. The molecule has 2 saturated heterocycles. The predicted octanol–water partition coefficient (Wildman–Crippen LogP) is 3.73. The van der Waals surface area contributed by atoms with Crippen molar-refractivity contribution in [1.29, 1.82) is 0 Å². The summed E-state index contributed by atoms with van der Waals surface area (Å²) in [5, 5.41) is 5.95. The van der Waals surface area contributed by atoms with Gasteiger partial charge in [0, 0.05) is 75.9 Å². The number of piperazine rings is 1. The van der Waals surface area contributed by atoms with Gasteiger partial charge in [0.15, 0.2) is 0 Å². The van der Waals surface area contributed by atoms with Gasteiger partial charge >= 0.3 is 12.2 Å². The van der Waals surface area contributed by atoms with Gasteiger partial charge in [-0.1, -0.05) is 12.1 Å². The Morgan fingerprint density at radius 2 is 1.58 bits per heavy atom. The van der Waals surface area contributed by atoms with E-state index in [4.69, 9.17) is 0 Å². The molecule has 0 radical (unpaired) electrons. The monoisotopic (exact) mass is 533 g/mol. The van der Waals surface area contributed by atoms with E-state index in [1.807, 2.05) is 47.9 Å². The predicted molar refractivity (Wildman–Crippen MR) is 138 cm³/mol. The van der Waals surface area contributed by atoms with E-state index < -0.39 is 11.7 Å². The molecule has 1 aromatic heterocycles. The standard InChI is InChI=1S/C26H34F3N7O2/c1-17-14-35(24-30-12-21(13-31-24)26(27,28)29)15-18(2)36(17)25(38)33-23-8-10-34(11-9-23)16-20-4-6-22(7-5-20)32-19(3)37/h4-7,12-13,17-18,23H,8-11,14-16H2,1-3H3,(H,32,37)(H,33,38)/t17-,18+. The average molecular weight is 534 g/mol. The van der Waals surface area contributed by atoms with Crippen LogP contribution in [0.2, 0.25) is 0 Å². The highest BCUT2D eigenvalue weighted by atomic mass is 19.4. The summed E-state index contributed by atoms with van der Waals surface area (Å²) in [7, 11) is 0. The fourth-order valence-electron chi connectivity index (χ4n) is 5.16. The van der Waals surface area contributed by atoms with Gasteiger partial charge < -0.3 is 20.4 Å². The van der Waals surface area contributed by atoms with Gasteiger partial charge in [-0.3, -0.25) is 9.69 Å². The van der Waals surface area contributed by atoms with Crippen LogP contribution < -0.4 is 15.5 Å². The van der Waals surface area contributed by atoms with Crippen LogP contribution in [-0.4, -0.2) is 76.0 Å². The maximum Gasteiger partial charge on any atom is 0.419 e. The van der Waals surface area contributed by atoms with Gasteiger partial charge in [0.05, 0.1) is 5.56 Å². The van der Waals surface area contributed by atoms with Crippen LogP contribution in [0.1, 0.15) is 44.7 Å². The number of hydrogen-bond donors (Lipinski definition) is 2. The number of urea groups is 1. The number of carbonyl (C=O) groups excluding carboxylic acids is 2. The quantitative estimate of drug-likeness (QED) is 0.609. The van der Waals surface area contributed by atoms with Crippen molar-refractivity contribution in [3.63, 3.8) is 0 Å². The lowest BCUT2D eigenvalue weighted by atomic mass is 10.0. The third-order valence-electron chi connectivity index (χ3n) is 7.00. The molecular weight excluding hydrogens is 499 g/mol. The van der Waals surface area contributed by atoms with E-state index in [2.05, 4.69) is 25.5 Å². The minimum atomic E-state index is -4.48. The minimum Gasteiger partial charge on any atom is -0.337 e. The van der Waals surface area contributed by atoms with Crippen molar-refractivity contribution in [2.24, 2.45) is 0 Å². The van der Waals surface area contributed by atoms with Gasteiger partial charge in [0.2, 0.25) is 11.9 Å². The van der Waals surface area contributed by atoms with E-state index in [-0.39, 0.29) is 36.0 Å². The zero-order valence-corrected chi connectivity index (χ0v) is 21.8. The maximum absolute atomic E-state index is 13.2. The molecule has 0 aliphatic carbocycles. The van der Waals surface area contributed by atoms with Crippen molar-refractivity contribution in [2.45, 2.75) is 64.5 Å². The number of benzene rings is 1. The number of nitrogens with one attached hydrogen (secondary N) is 2. The van der Waals surface area contributed by atoms with Gasteiger partial charge in [0.1, 0.15) is 0 Å². The van der Waals surface area contributed by atoms with Gasteiger partial charge in [-0.25, -0.2) is 14.8 Å². The van der Waals surface area contributed by atoms with Crippen LogP contribution in [0.3, 0.4) is 0 Å². The molecule has 4 rings (SSSR count). The molecule has 2 fully saturated rings. The summed E-state index contributed by atoms with van der Waals surface area (Å²) >= 11 is 0. The lowest BCUT2D eigenvalue weighted by Crippen LogP contribution is -2.62. The molecule has 3 heterocycles. The number of carbonyl (C=O) groups is 2. The first-order valence-corrected chi connectivity index (χ1v) is 12.8. The molecule has 0 saturated carbocycles. The van der Waals surface area contributed by atoms with Crippen LogP contribution in [0, 0.1) is 0 Å². The number of likely N-dealkylation sites (tertiary alicyclic amines) is 1. The lowest BCUT2D eigenvalue weighted by Gasteiger charge is -2.45. The van der Waals surface area contributed by atoms with E-state index in [0.29, 0.717) is 13.1 Å². The van der Waals surface area contributed by atoms with E-state index >= 15 is 0 Å². The topological polar surface area (TPSA) is 93.7 Å². The second-order valence-corrected chi connectivity index (χ2v) is 10.2. The van der Waals surface area contributed by atoms with Crippen LogP contribution in [0.4, 0.5) is 29.6 Å². The zero-order valence-electron chi connectivity index (χ0n) is 21.8. The molecular formula is C26H34F3N7O2.